The molecule has 2 aliphatic heterocycles. The number of rotatable bonds is 2. The summed E-state index contributed by atoms with van der Waals surface area (Å²) in [6, 6.07) is 8.24. The maximum absolute atomic E-state index is 13.7. The van der Waals surface area contributed by atoms with Crippen molar-refractivity contribution >= 4 is 40.6 Å². The minimum Gasteiger partial charge on any atom is -0.307 e. The van der Waals surface area contributed by atoms with Gasteiger partial charge in [-0.2, -0.15) is 13.2 Å². The van der Waals surface area contributed by atoms with Crippen molar-refractivity contribution in [2.24, 2.45) is 29.6 Å². The SMILES string of the molecule is O=C1[C@H]2[C@H]3C[C@@H]([C@@H]2C(=O)N1c1cccc(C(F)(F)F)c1)[C@H]1[C@H](c2cccnc2)c2sc(=O)[nH]c2S[C@H]31. The van der Waals surface area contributed by atoms with Gasteiger partial charge in [0.05, 0.1) is 28.1 Å². The van der Waals surface area contributed by atoms with Gasteiger partial charge in [0, 0.05) is 28.4 Å². The van der Waals surface area contributed by atoms with Gasteiger partial charge >= 0.3 is 11.0 Å². The zero-order valence-electron chi connectivity index (χ0n) is 18.4. The van der Waals surface area contributed by atoms with Crippen molar-refractivity contribution in [1.29, 1.82) is 0 Å². The van der Waals surface area contributed by atoms with Gasteiger partial charge in [-0.15, -0.1) is 11.8 Å². The van der Waals surface area contributed by atoms with Crippen molar-refractivity contribution in [3.63, 3.8) is 0 Å². The summed E-state index contributed by atoms with van der Waals surface area (Å²) in [4.78, 5) is 48.5. The third-order valence-corrected chi connectivity index (χ3v) is 10.8. The second-order valence-corrected chi connectivity index (χ2v) is 12.0. The van der Waals surface area contributed by atoms with E-state index in [1.807, 2.05) is 12.1 Å². The largest absolute Gasteiger partial charge is 0.416 e. The predicted octanol–water partition coefficient (Wildman–Crippen LogP) is 4.53. The molecule has 2 amide bonds. The van der Waals surface area contributed by atoms with Gasteiger partial charge in [0.1, 0.15) is 0 Å². The number of hydrogen-bond acceptors (Lipinski definition) is 6. The number of anilines is 1. The van der Waals surface area contributed by atoms with Crippen molar-refractivity contribution in [2.75, 3.05) is 4.90 Å². The van der Waals surface area contributed by atoms with Gasteiger partial charge in [-0.3, -0.25) is 24.3 Å². The molecule has 2 saturated carbocycles. The fourth-order valence-electron chi connectivity index (χ4n) is 7.03. The summed E-state index contributed by atoms with van der Waals surface area (Å²) in [6.07, 6.45) is -0.400. The first kappa shape index (κ1) is 22.3. The first-order valence-electron chi connectivity index (χ1n) is 11.6. The number of fused-ring (bicyclic) bond motifs is 9. The third kappa shape index (κ3) is 2.98. The molecule has 0 unspecified atom stereocenters. The average molecular weight is 530 g/mol. The van der Waals surface area contributed by atoms with E-state index in [0.717, 1.165) is 32.5 Å². The van der Waals surface area contributed by atoms with Crippen LogP contribution in [-0.4, -0.2) is 27.0 Å². The highest BCUT2D eigenvalue weighted by Crippen LogP contribution is 2.68. The number of carbonyl (C=O) groups excluding carboxylic acids is 2. The Labute approximate surface area is 210 Å². The van der Waals surface area contributed by atoms with Gasteiger partial charge in [0.25, 0.3) is 0 Å². The Morgan fingerprint density at radius 3 is 2.53 bits per heavy atom. The fourth-order valence-corrected chi connectivity index (χ4v) is 9.91. The summed E-state index contributed by atoms with van der Waals surface area (Å²) < 4.78 is 40.0. The molecule has 7 rings (SSSR count). The summed E-state index contributed by atoms with van der Waals surface area (Å²) >= 11 is 2.74. The van der Waals surface area contributed by atoms with Crippen LogP contribution < -0.4 is 9.77 Å². The van der Waals surface area contributed by atoms with Crippen LogP contribution in [0.3, 0.4) is 0 Å². The van der Waals surface area contributed by atoms with Gasteiger partial charge in [0.2, 0.25) is 11.8 Å². The number of alkyl halides is 3. The summed E-state index contributed by atoms with van der Waals surface area (Å²) in [5.74, 6) is -2.30. The normalized spacial score (nSPS) is 32.5. The van der Waals surface area contributed by atoms with E-state index in [0.29, 0.717) is 6.42 Å². The quantitative estimate of drug-likeness (QED) is 0.494. The molecule has 4 aliphatic rings. The van der Waals surface area contributed by atoms with Gasteiger partial charge < -0.3 is 4.98 Å². The number of hydrogen-bond donors (Lipinski definition) is 1. The number of pyridine rings is 1. The minimum atomic E-state index is -4.58. The Kier molecular flexibility index (Phi) is 4.67. The number of H-pyrrole nitrogens is 1. The zero-order valence-corrected chi connectivity index (χ0v) is 20.1. The second kappa shape index (κ2) is 7.55. The summed E-state index contributed by atoms with van der Waals surface area (Å²) in [7, 11) is 0. The van der Waals surface area contributed by atoms with E-state index in [2.05, 4.69) is 9.97 Å². The van der Waals surface area contributed by atoms with Crippen molar-refractivity contribution in [3.8, 4) is 0 Å². The van der Waals surface area contributed by atoms with Crippen LogP contribution in [0.25, 0.3) is 0 Å². The molecule has 1 N–H and O–H groups in total. The van der Waals surface area contributed by atoms with Crippen LogP contribution >= 0.6 is 23.1 Å². The molecule has 2 aliphatic carbocycles. The van der Waals surface area contributed by atoms with Crippen LogP contribution in [0.4, 0.5) is 18.9 Å². The van der Waals surface area contributed by atoms with E-state index >= 15 is 0 Å². The van der Waals surface area contributed by atoms with Crippen LogP contribution in [-0.2, 0) is 15.8 Å². The van der Waals surface area contributed by atoms with Gasteiger partial charge in [-0.1, -0.05) is 23.5 Å². The molecule has 6 nitrogen and oxygen atoms in total. The molecule has 7 atom stereocenters. The molecule has 0 radical (unpaired) electrons. The van der Waals surface area contributed by atoms with E-state index < -0.39 is 35.4 Å². The number of halogens is 3. The molecule has 3 aromatic rings. The number of thiazole rings is 1. The Morgan fingerprint density at radius 2 is 1.81 bits per heavy atom. The van der Waals surface area contributed by atoms with Crippen LogP contribution in [0.5, 0.6) is 0 Å². The number of thioether (sulfide) groups is 1. The topological polar surface area (TPSA) is 83.1 Å². The number of imide groups is 1. The lowest BCUT2D eigenvalue weighted by Crippen LogP contribution is -2.42. The lowest BCUT2D eigenvalue weighted by molar-refractivity contribution is -0.137. The number of amides is 2. The molecular weight excluding hydrogens is 511 g/mol. The molecule has 0 spiro atoms. The molecular formula is C25H18F3N3O3S2. The molecule has 1 saturated heterocycles. The second-order valence-electron chi connectivity index (χ2n) is 9.81. The molecule has 1 aromatic carbocycles. The van der Waals surface area contributed by atoms with E-state index in [9.17, 15) is 27.6 Å². The Balaban J connectivity index is 1.30. The van der Waals surface area contributed by atoms with E-state index in [-0.39, 0.29) is 39.5 Å². The van der Waals surface area contributed by atoms with E-state index in [1.165, 1.54) is 23.5 Å². The van der Waals surface area contributed by atoms with Crippen LogP contribution in [0.15, 0.2) is 58.6 Å². The average Bonchev–Trinajstić information content (AvgIpc) is 3.58. The smallest absolute Gasteiger partial charge is 0.307 e. The predicted molar refractivity (Wildman–Crippen MR) is 127 cm³/mol. The summed E-state index contributed by atoms with van der Waals surface area (Å²) in [5.41, 5.74) is 0.0336. The number of nitrogens with one attached hydrogen (secondary N) is 1. The molecule has 3 fully saturated rings. The number of carbonyl (C=O) groups is 2. The molecule has 4 heterocycles. The fraction of sp³-hybridized carbons (Fsp3) is 0.360. The third-order valence-electron chi connectivity index (χ3n) is 8.20. The number of aromatic nitrogens is 2. The monoisotopic (exact) mass is 529 g/mol. The van der Waals surface area contributed by atoms with Crippen molar-refractivity contribution in [1.82, 2.24) is 9.97 Å². The van der Waals surface area contributed by atoms with Crippen molar-refractivity contribution < 1.29 is 22.8 Å². The molecule has 2 bridgehead atoms. The maximum Gasteiger partial charge on any atom is 0.416 e. The number of nitrogens with zero attached hydrogens (tertiary/aromatic N) is 2. The van der Waals surface area contributed by atoms with Crippen LogP contribution in [0, 0.1) is 29.6 Å². The maximum atomic E-state index is 13.7. The summed E-state index contributed by atoms with van der Waals surface area (Å²) in [5, 5.41) is 0.813. The number of benzene rings is 1. The minimum absolute atomic E-state index is 0.0115. The first-order valence-corrected chi connectivity index (χ1v) is 13.3. The van der Waals surface area contributed by atoms with Crippen molar-refractivity contribution in [3.05, 3.63) is 74.5 Å². The Bertz CT molecular complexity index is 1470. The number of aromatic amines is 1. The first-order chi connectivity index (χ1) is 17.2. The zero-order chi connectivity index (χ0) is 24.9. The lowest BCUT2D eigenvalue weighted by atomic mass is 9.68. The molecule has 36 heavy (non-hydrogen) atoms. The van der Waals surface area contributed by atoms with E-state index in [1.54, 1.807) is 24.2 Å². The van der Waals surface area contributed by atoms with Crippen LogP contribution in [0.1, 0.15) is 28.3 Å². The molecule has 184 valence electrons. The molecule has 2 aromatic heterocycles. The van der Waals surface area contributed by atoms with Crippen LogP contribution in [0.2, 0.25) is 0 Å². The standard InChI is InChI=1S/C25H18F3N3O3S2/c26-25(27,28)11-4-1-5-12(7-11)31-22(32)17-13-8-14(18(17)23(31)33)19-16(13)15(10-3-2-6-29-9-10)20-21(35-19)30-24(34)36-20/h1-7,9,13-19H,8H2,(H,30,34)/t13-,14-,15+,16+,17+,18+,19-/m1/s1. The molecule has 11 heteroatoms. The van der Waals surface area contributed by atoms with Crippen molar-refractivity contribution in [2.45, 2.75) is 28.8 Å². The highest BCUT2D eigenvalue weighted by molar-refractivity contribution is 8.00. The lowest BCUT2D eigenvalue weighted by Gasteiger charge is -2.42. The van der Waals surface area contributed by atoms with Gasteiger partial charge in [-0.25, -0.2) is 0 Å². The Hall–Kier alpha value is -2.92. The highest BCUT2D eigenvalue weighted by Gasteiger charge is 2.69. The highest BCUT2D eigenvalue weighted by atomic mass is 32.2. The summed E-state index contributed by atoms with van der Waals surface area (Å²) in [6.45, 7) is 0. The van der Waals surface area contributed by atoms with Gasteiger partial charge in [0.15, 0.2) is 0 Å². The Morgan fingerprint density at radius 1 is 1.03 bits per heavy atom. The van der Waals surface area contributed by atoms with Gasteiger partial charge in [-0.05, 0) is 54.0 Å². The van der Waals surface area contributed by atoms with E-state index in [4.69, 9.17) is 0 Å².